The molecule has 0 spiro atoms. The molecule has 1 aromatic carbocycles. The summed E-state index contributed by atoms with van der Waals surface area (Å²) in [6.45, 7) is 2.24. The van der Waals surface area contributed by atoms with E-state index in [9.17, 15) is 9.90 Å². The minimum atomic E-state index is -0.177. The minimum absolute atomic E-state index is 0.136. The fourth-order valence-electron chi connectivity index (χ4n) is 1.81. The molecule has 98 valence electrons. The largest absolute Gasteiger partial charge is 0.508 e. The van der Waals surface area contributed by atoms with Crippen LogP contribution < -0.4 is 5.32 Å². The standard InChI is InChI=1S/C15H16N2O2/c1-11-13(6-4-7-14(11)18)15(19)17-10-8-12-5-2-3-9-16-12/h2-7,9,18H,8,10H2,1H3,(H,17,19). The number of nitrogens with zero attached hydrogens (tertiary/aromatic N) is 1. The van der Waals surface area contributed by atoms with Crippen LogP contribution in [-0.2, 0) is 6.42 Å². The van der Waals surface area contributed by atoms with Crippen molar-refractivity contribution in [1.29, 1.82) is 0 Å². The Bertz CT molecular complexity index is 568. The van der Waals surface area contributed by atoms with E-state index in [0.29, 0.717) is 24.1 Å². The molecule has 1 aromatic heterocycles. The Labute approximate surface area is 112 Å². The molecule has 0 radical (unpaired) electrons. The van der Waals surface area contributed by atoms with E-state index in [1.54, 1.807) is 31.3 Å². The Morgan fingerprint density at radius 3 is 2.84 bits per heavy atom. The number of amides is 1. The Kier molecular flexibility index (Phi) is 4.13. The zero-order valence-electron chi connectivity index (χ0n) is 10.8. The van der Waals surface area contributed by atoms with Crippen molar-refractivity contribution in [3.05, 3.63) is 59.4 Å². The maximum Gasteiger partial charge on any atom is 0.251 e. The Morgan fingerprint density at radius 2 is 2.11 bits per heavy atom. The SMILES string of the molecule is Cc1c(O)cccc1C(=O)NCCc1ccccn1. The highest BCUT2D eigenvalue weighted by Gasteiger charge is 2.10. The van der Waals surface area contributed by atoms with Gasteiger partial charge in [0.15, 0.2) is 0 Å². The molecule has 2 rings (SSSR count). The van der Waals surface area contributed by atoms with Crippen LogP contribution >= 0.6 is 0 Å². The summed E-state index contributed by atoms with van der Waals surface area (Å²) >= 11 is 0. The quantitative estimate of drug-likeness (QED) is 0.880. The molecule has 19 heavy (non-hydrogen) atoms. The second-order valence-electron chi connectivity index (χ2n) is 4.28. The van der Waals surface area contributed by atoms with Crippen LogP contribution in [0, 0.1) is 6.92 Å². The van der Waals surface area contributed by atoms with Crippen LogP contribution in [0.25, 0.3) is 0 Å². The third-order valence-corrected chi connectivity index (χ3v) is 2.94. The van der Waals surface area contributed by atoms with Crippen LogP contribution in [-0.4, -0.2) is 22.5 Å². The van der Waals surface area contributed by atoms with Crippen LogP contribution in [0.2, 0.25) is 0 Å². The highest BCUT2D eigenvalue weighted by Crippen LogP contribution is 2.19. The summed E-state index contributed by atoms with van der Waals surface area (Å²) in [5, 5.41) is 12.4. The van der Waals surface area contributed by atoms with Crippen molar-refractivity contribution in [2.75, 3.05) is 6.54 Å². The number of aromatic nitrogens is 1. The van der Waals surface area contributed by atoms with Crippen molar-refractivity contribution < 1.29 is 9.90 Å². The summed E-state index contributed by atoms with van der Waals surface area (Å²) in [6.07, 6.45) is 2.42. The first-order valence-corrected chi connectivity index (χ1v) is 6.15. The Hall–Kier alpha value is -2.36. The first-order chi connectivity index (χ1) is 9.18. The van der Waals surface area contributed by atoms with Gasteiger partial charge in [-0.25, -0.2) is 0 Å². The number of benzene rings is 1. The molecule has 0 saturated carbocycles. The average molecular weight is 256 g/mol. The molecule has 0 aliphatic heterocycles. The molecule has 0 aliphatic carbocycles. The number of carbonyl (C=O) groups excluding carboxylic acids is 1. The van der Waals surface area contributed by atoms with Gasteiger partial charge in [0.2, 0.25) is 0 Å². The summed E-state index contributed by atoms with van der Waals surface area (Å²) in [7, 11) is 0. The van der Waals surface area contributed by atoms with Crippen LogP contribution in [0.3, 0.4) is 0 Å². The topological polar surface area (TPSA) is 62.2 Å². The normalized spacial score (nSPS) is 10.2. The van der Waals surface area contributed by atoms with E-state index in [4.69, 9.17) is 0 Å². The van der Waals surface area contributed by atoms with E-state index >= 15 is 0 Å². The van der Waals surface area contributed by atoms with Crippen molar-refractivity contribution in [1.82, 2.24) is 10.3 Å². The van der Waals surface area contributed by atoms with Crippen molar-refractivity contribution in [3.63, 3.8) is 0 Å². The molecule has 1 heterocycles. The smallest absolute Gasteiger partial charge is 0.251 e. The van der Waals surface area contributed by atoms with Gasteiger partial charge < -0.3 is 10.4 Å². The number of pyridine rings is 1. The first kappa shape index (κ1) is 13.1. The van der Waals surface area contributed by atoms with Gasteiger partial charge in [0.05, 0.1) is 0 Å². The van der Waals surface area contributed by atoms with Crippen LogP contribution in [0.15, 0.2) is 42.6 Å². The fraction of sp³-hybridized carbons (Fsp3) is 0.200. The number of aromatic hydroxyl groups is 1. The van der Waals surface area contributed by atoms with Crippen LogP contribution in [0.4, 0.5) is 0 Å². The molecule has 0 unspecified atom stereocenters. The van der Waals surface area contributed by atoms with E-state index in [1.165, 1.54) is 0 Å². The van der Waals surface area contributed by atoms with Crippen molar-refractivity contribution in [3.8, 4) is 5.75 Å². The van der Waals surface area contributed by atoms with Gasteiger partial charge in [0.25, 0.3) is 5.91 Å². The van der Waals surface area contributed by atoms with Gasteiger partial charge in [-0.2, -0.15) is 0 Å². The predicted octanol–water partition coefficient (Wildman–Crippen LogP) is 2.07. The second kappa shape index (κ2) is 6.00. The number of nitrogens with one attached hydrogen (secondary N) is 1. The van der Waals surface area contributed by atoms with Gasteiger partial charge in [-0.05, 0) is 31.2 Å². The summed E-state index contributed by atoms with van der Waals surface area (Å²) in [5.74, 6) is -0.0401. The second-order valence-corrected chi connectivity index (χ2v) is 4.28. The third-order valence-electron chi connectivity index (χ3n) is 2.94. The molecular weight excluding hydrogens is 240 g/mol. The lowest BCUT2D eigenvalue weighted by molar-refractivity contribution is 0.0953. The predicted molar refractivity (Wildman–Crippen MR) is 73.1 cm³/mol. The fourth-order valence-corrected chi connectivity index (χ4v) is 1.81. The van der Waals surface area contributed by atoms with Gasteiger partial charge >= 0.3 is 0 Å². The third kappa shape index (κ3) is 3.31. The highest BCUT2D eigenvalue weighted by atomic mass is 16.3. The van der Waals surface area contributed by atoms with Crippen molar-refractivity contribution >= 4 is 5.91 Å². The molecule has 0 aliphatic rings. The molecule has 0 saturated heterocycles. The highest BCUT2D eigenvalue weighted by molar-refractivity contribution is 5.96. The summed E-state index contributed by atoms with van der Waals surface area (Å²) in [6, 6.07) is 10.6. The van der Waals surface area contributed by atoms with Gasteiger partial charge in [-0.15, -0.1) is 0 Å². The first-order valence-electron chi connectivity index (χ1n) is 6.15. The monoisotopic (exact) mass is 256 g/mol. The Morgan fingerprint density at radius 1 is 1.26 bits per heavy atom. The zero-order valence-corrected chi connectivity index (χ0v) is 10.8. The molecule has 2 aromatic rings. The van der Waals surface area contributed by atoms with Gasteiger partial charge in [-0.1, -0.05) is 12.1 Å². The summed E-state index contributed by atoms with van der Waals surface area (Å²) in [5.41, 5.74) is 2.04. The molecule has 0 bridgehead atoms. The molecule has 0 fully saturated rings. The molecule has 4 nitrogen and oxygen atoms in total. The number of rotatable bonds is 4. The lowest BCUT2D eigenvalue weighted by atomic mass is 10.1. The lowest BCUT2D eigenvalue weighted by Gasteiger charge is -2.08. The average Bonchev–Trinajstić information content (AvgIpc) is 2.43. The van der Waals surface area contributed by atoms with Crippen molar-refractivity contribution in [2.45, 2.75) is 13.3 Å². The Balaban J connectivity index is 1.93. The molecule has 0 atom stereocenters. The summed E-state index contributed by atoms with van der Waals surface area (Å²) in [4.78, 5) is 16.2. The van der Waals surface area contributed by atoms with Gasteiger partial charge in [0, 0.05) is 36.0 Å². The van der Waals surface area contributed by atoms with Crippen molar-refractivity contribution in [2.24, 2.45) is 0 Å². The number of hydrogen-bond donors (Lipinski definition) is 2. The summed E-state index contributed by atoms with van der Waals surface area (Å²) < 4.78 is 0. The van der Waals surface area contributed by atoms with E-state index in [0.717, 1.165) is 5.69 Å². The van der Waals surface area contributed by atoms with Crippen LogP contribution in [0.1, 0.15) is 21.6 Å². The molecule has 1 amide bonds. The molecular formula is C15H16N2O2. The lowest BCUT2D eigenvalue weighted by Crippen LogP contribution is -2.26. The molecule has 4 heteroatoms. The van der Waals surface area contributed by atoms with E-state index in [2.05, 4.69) is 10.3 Å². The number of hydrogen-bond acceptors (Lipinski definition) is 3. The maximum absolute atomic E-state index is 12.0. The number of carbonyl (C=O) groups is 1. The van der Waals surface area contributed by atoms with Gasteiger partial charge in [-0.3, -0.25) is 9.78 Å². The van der Waals surface area contributed by atoms with E-state index in [-0.39, 0.29) is 11.7 Å². The number of phenols is 1. The minimum Gasteiger partial charge on any atom is -0.508 e. The zero-order chi connectivity index (χ0) is 13.7. The molecule has 2 N–H and O–H groups in total. The van der Waals surface area contributed by atoms with Gasteiger partial charge in [0.1, 0.15) is 5.75 Å². The van der Waals surface area contributed by atoms with E-state index in [1.807, 2.05) is 18.2 Å². The van der Waals surface area contributed by atoms with E-state index < -0.39 is 0 Å². The number of phenolic OH excluding ortho intramolecular Hbond substituents is 1. The van der Waals surface area contributed by atoms with Crippen LogP contribution in [0.5, 0.6) is 5.75 Å². The maximum atomic E-state index is 12.0.